The first kappa shape index (κ1) is 19.3. The number of anilines is 1. The summed E-state index contributed by atoms with van der Waals surface area (Å²) in [5, 5.41) is 2.59. The van der Waals surface area contributed by atoms with Crippen LogP contribution in [0.1, 0.15) is 0 Å². The highest BCUT2D eigenvalue weighted by molar-refractivity contribution is 8.19. The van der Waals surface area contributed by atoms with E-state index in [0.29, 0.717) is 4.91 Å². The van der Waals surface area contributed by atoms with Gasteiger partial charge in [-0.1, -0.05) is 36.0 Å². The molecule has 2 aromatic rings. The third-order valence-electron chi connectivity index (χ3n) is 4.06. The molecule has 6 nitrogen and oxygen atoms in total. The fourth-order valence-electron chi connectivity index (χ4n) is 2.75. The standard InChI is InChI=1S/C18H15N3O3S4/c1-3-10-21-16(22)15(17-20(2)12-7-4-5-8-13(12)26-17)27-18(21)19-28(23,24)14-9-6-11-25-14/h3-9,11H,1,10H2,2H3/b17-15+,19-18-. The number of amidine groups is 1. The van der Waals surface area contributed by atoms with Crippen LogP contribution in [-0.4, -0.2) is 38.0 Å². The van der Waals surface area contributed by atoms with Gasteiger partial charge in [0.05, 0.1) is 10.7 Å². The van der Waals surface area contributed by atoms with E-state index in [1.54, 1.807) is 17.5 Å². The van der Waals surface area contributed by atoms with E-state index in [2.05, 4.69) is 11.0 Å². The fraction of sp³-hybridized carbons (Fsp3) is 0.111. The van der Waals surface area contributed by atoms with Gasteiger partial charge in [-0.15, -0.1) is 22.3 Å². The molecule has 0 unspecified atom stereocenters. The van der Waals surface area contributed by atoms with Crippen molar-refractivity contribution >= 4 is 61.6 Å². The molecule has 0 bridgehead atoms. The van der Waals surface area contributed by atoms with E-state index in [0.717, 1.165) is 38.7 Å². The molecule has 0 radical (unpaired) electrons. The number of para-hydroxylation sites is 1. The summed E-state index contributed by atoms with van der Waals surface area (Å²) in [6.07, 6.45) is 1.56. The first-order valence-electron chi connectivity index (χ1n) is 8.16. The van der Waals surface area contributed by atoms with Gasteiger partial charge in [-0.05, 0) is 35.3 Å². The van der Waals surface area contributed by atoms with E-state index in [4.69, 9.17) is 0 Å². The second kappa shape index (κ2) is 7.43. The van der Waals surface area contributed by atoms with Gasteiger partial charge in [0.1, 0.15) is 9.11 Å². The molecule has 1 aromatic carbocycles. The third-order valence-corrected chi connectivity index (χ3v) is 9.24. The number of rotatable bonds is 4. The smallest absolute Gasteiger partial charge is 0.294 e. The summed E-state index contributed by atoms with van der Waals surface area (Å²) in [4.78, 5) is 17.9. The number of amides is 1. The highest BCUT2D eigenvalue weighted by atomic mass is 32.2. The first-order chi connectivity index (χ1) is 13.4. The maximum absolute atomic E-state index is 13.0. The van der Waals surface area contributed by atoms with Gasteiger partial charge in [0.25, 0.3) is 15.9 Å². The summed E-state index contributed by atoms with van der Waals surface area (Å²) in [5.41, 5.74) is 1.01. The van der Waals surface area contributed by atoms with Crippen LogP contribution in [-0.2, 0) is 14.8 Å². The molecular formula is C18H15N3O3S4. The molecule has 1 aromatic heterocycles. The monoisotopic (exact) mass is 449 g/mol. The number of nitrogens with zero attached hydrogens (tertiary/aromatic N) is 3. The van der Waals surface area contributed by atoms with Crippen LogP contribution in [0.2, 0.25) is 0 Å². The minimum absolute atomic E-state index is 0.144. The van der Waals surface area contributed by atoms with Crippen molar-refractivity contribution in [2.75, 3.05) is 18.5 Å². The number of hydrogen-bond acceptors (Lipinski definition) is 7. The van der Waals surface area contributed by atoms with Gasteiger partial charge in [-0.25, -0.2) is 0 Å². The summed E-state index contributed by atoms with van der Waals surface area (Å²) < 4.78 is 29.3. The Morgan fingerprint density at radius 1 is 1.18 bits per heavy atom. The van der Waals surface area contributed by atoms with Crippen molar-refractivity contribution in [3.05, 3.63) is 64.4 Å². The van der Waals surface area contributed by atoms with Crippen molar-refractivity contribution in [1.29, 1.82) is 0 Å². The Kier molecular flexibility index (Phi) is 5.13. The highest BCUT2D eigenvalue weighted by Crippen LogP contribution is 2.49. The van der Waals surface area contributed by atoms with Crippen LogP contribution in [0.15, 0.2) is 77.9 Å². The molecule has 3 heterocycles. The topological polar surface area (TPSA) is 70.1 Å². The van der Waals surface area contributed by atoms with E-state index < -0.39 is 10.0 Å². The normalized spacial score (nSPS) is 20.9. The maximum atomic E-state index is 13.0. The van der Waals surface area contributed by atoms with Gasteiger partial charge in [-0.2, -0.15) is 8.42 Å². The highest BCUT2D eigenvalue weighted by Gasteiger charge is 2.39. The molecule has 28 heavy (non-hydrogen) atoms. The average molecular weight is 450 g/mol. The summed E-state index contributed by atoms with van der Waals surface area (Å²) >= 11 is 3.67. The second-order valence-corrected chi connectivity index (χ2v) is 10.6. The van der Waals surface area contributed by atoms with Crippen LogP contribution in [0.3, 0.4) is 0 Å². The van der Waals surface area contributed by atoms with Crippen molar-refractivity contribution in [2.45, 2.75) is 9.10 Å². The van der Waals surface area contributed by atoms with Crippen LogP contribution in [0.4, 0.5) is 5.69 Å². The van der Waals surface area contributed by atoms with Gasteiger partial charge in [0.15, 0.2) is 5.17 Å². The van der Waals surface area contributed by atoms with Gasteiger partial charge in [0.2, 0.25) is 0 Å². The quantitative estimate of drug-likeness (QED) is 0.520. The minimum atomic E-state index is -3.87. The average Bonchev–Trinajstić information content (AvgIpc) is 3.38. The van der Waals surface area contributed by atoms with Crippen molar-refractivity contribution in [3.63, 3.8) is 0 Å². The predicted octanol–water partition coefficient (Wildman–Crippen LogP) is 3.97. The van der Waals surface area contributed by atoms with Crippen LogP contribution < -0.4 is 4.90 Å². The van der Waals surface area contributed by atoms with Gasteiger partial charge in [-0.3, -0.25) is 9.69 Å². The zero-order chi connectivity index (χ0) is 19.9. The lowest BCUT2D eigenvalue weighted by molar-refractivity contribution is -0.121. The number of sulfonamides is 1. The number of thioether (sulfide) groups is 2. The summed E-state index contributed by atoms with van der Waals surface area (Å²) in [6, 6.07) is 11.0. The number of carbonyl (C=O) groups excluding carboxylic acids is 1. The maximum Gasteiger partial charge on any atom is 0.294 e. The molecule has 4 rings (SSSR count). The molecule has 2 aliphatic heterocycles. The number of thiophene rings is 1. The Labute approximate surface area is 175 Å². The molecule has 0 aliphatic carbocycles. The number of carbonyl (C=O) groups is 1. The van der Waals surface area contributed by atoms with Crippen molar-refractivity contribution in [3.8, 4) is 0 Å². The SMILES string of the molecule is C=CCN1C(=O)/C(=C2\Sc3ccccc3N2C)S/C1=N\S(=O)(=O)c1cccs1. The van der Waals surface area contributed by atoms with E-state index >= 15 is 0 Å². The van der Waals surface area contributed by atoms with Crippen molar-refractivity contribution < 1.29 is 13.2 Å². The molecule has 1 saturated heterocycles. The Morgan fingerprint density at radius 3 is 2.64 bits per heavy atom. The molecule has 0 spiro atoms. The van der Waals surface area contributed by atoms with Crippen LogP contribution in [0.25, 0.3) is 0 Å². The summed E-state index contributed by atoms with van der Waals surface area (Å²) in [5.74, 6) is -0.271. The lowest BCUT2D eigenvalue weighted by Crippen LogP contribution is -2.30. The van der Waals surface area contributed by atoms with Gasteiger partial charge in [0, 0.05) is 18.5 Å². The predicted molar refractivity (Wildman–Crippen MR) is 116 cm³/mol. The van der Waals surface area contributed by atoms with E-state index in [-0.39, 0.29) is 21.8 Å². The van der Waals surface area contributed by atoms with Crippen LogP contribution in [0, 0.1) is 0 Å². The summed E-state index contributed by atoms with van der Waals surface area (Å²) in [7, 11) is -1.98. The van der Waals surface area contributed by atoms with Crippen LogP contribution in [0.5, 0.6) is 0 Å². The van der Waals surface area contributed by atoms with E-state index in [9.17, 15) is 13.2 Å². The summed E-state index contributed by atoms with van der Waals surface area (Å²) in [6.45, 7) is 3.86. The van der Waals surface area contributed by atoms with Crippen molar-refractivity contribution in [2.24, 2.45) is 4.40 Å². The first-order valence-corrected chi connectivity index (χ1v) is 12.1. The van der Waals surface area contributed by atoms with Crippen LogP contribution >= 0.6 is 34.9 Å². The third kappa shape index (κ3) is 3.30. The lowest BCUT2D eigenvalue weighted by atomic mass is 10.3. The Hall–Kier alpha value is -2.01. The zero-order valence-electron chi connectivity index (χ0n) is 14.7. The Morgan fingerprint density at radius 2 is 1.96 bits per heavy atom. The van der Waals surface area contributed by atoms with Crippen molar-refractivity contribution in [1.82, 2.24) is 4.90 Å². The fourth-order valence-corrected chi connectivity index (χ4v) is 7.26. The molecular weight excluding hydrogens is 434 g/mol. The largest absolute Gasteiger partial charge is 0.337 e. The Bertz CT molecular complexity index is 1120. The lowest BCUT2D eigenvalue weighted by Gasteiger charge is -2.15. The number of benzene rings is 1. The zero-order valence-corrected chi connectivity index (χ0v) is 18.0. The molecule has 10 heteroatoms. The number of fused-ring (bicyclic) bond motifs is 1. The van der Waals surface area contributed by atoms with E-state index in [1.807, 2.05) is 36.2 Å². The van der Waals surface area contributed by atoms with E-state index in [1.165, 1.54) is 22.7 Å². The Balaban J connectivity index is 1.76. The molecule has 0 saturated carbocycles. The van der Waals surface area contributed by atoms with Gasteiger partial charge >= 0.3 is 0 Å². The molecule has 144 valence electrons. The molecule has 0 atom stereocenters. The second-order valence-electron chi connectivity index (χ2n) is 5.85. The molecule has 2 aliphatic rings. The minimum Gasteiger partial charge on any atom is -0.337 e. The van der Waals surface area contributed by atoms with Gasteiger partial charge < -0.3 is 4.90 Å². The molecule has 1 fully saturated rings. The number of hydrogen-bond donors (Lipinski definition) is 0. The molecule has 0 N–H and O–H groups in total. The molecule has 1 amide bonds.